The lowest BCUT2D eigenvalue weighted by atomic mass is 10.2. The number of unbranched alkanes of at least 4 members (excludes halogenated alkanes) is 2. The van der Waals surface area contributed by atoms with E-state index in [9.17, 15) is 4.79 Å². The third-order valence-corrected chi connectivity index (χ3v) is 4.82. The van der Waals surface area contributed by atoms with Crippen LogP contribution in [0.1, 0.15) is 32.6 Å². The van der Waals surface area contributed by atoms with Gasteiger partial charge in [0.2, 0.25) is 11.8 Å². The Bertz CT molecular complexity index is 1020. The van der Waals surface area contributed by atoms with Gasteiger partial charge in [0.25, 0.3) is 0 Å². The van der Waals surface area contributed by atoms with E-state index in [1.807, 2.05) is 0 Å². The number of thiocarbonyl (C=S) groups is 1. The third-order valence-electron chi connectivity index (χ3n) is 4.07. The smallest absolute Gasteiger partial charge is 0.228 e. The molecule has 0 unspecified atom stereocenters. The van der Waals surface area contributed by atoms with Crippen molar-refractivity contribution in [2.45, 2.75) is 32.6 Å². The molecular weight excluding hydrogens is 417 g/mol. The van der Waals surface area contributed by atoms with Crippen LogP contribution in [0.3, 0.4) is 0 Å². The molecule has 8 heteroatoms. The summed E-state index contributed by atoms with van der Waals surface area (Å²) in [5.74, 6) is 0.314. The Hall–Kier alpha value is -2.15. The summed E-state index contributed by atoms with van der Waals surface area (Å²) in [6.45, 7) is 2.09. The van der Waals surface area contributed by atoms with Crippen LogP contribution in [0.4, 0.5) is 5.69 Å². The molecule has 0 fully saturated rings. The van der Waals surface area contributed by atoms with Gasteiger partial charge in [-0.3, -0.25) is 4.79 Å². The van der Waals surface area contributed by atoms with Crippen LogP contribution in [0, 0.1) is 0 Å². The number of fused-ring (bicyclic) bond motifs is 1. The van der Waals surface area contributed by atoms with Crippen LogP contribution in [0.25, 0.3) is 22.6 Å². The number of hydrogen-bond donors (Lipinski definition) is 2. The molecule has 0 aliphatic rings. The zero-order valence-corrected chi connectivity index (χ0v) is 17.5. The van der Waals surface area contributed by atoms with Crippen LogP contribution in [0.15, 0.2) is 40.8 Å². The molecule has 1 aromatic heterocycles. The van der Waals surface area contributed by atoms with Gasteiger partial charge in [0.05, 0.1) is 10.6 Å². The summed E-state index contributed by atoms with van der Waals surface area (Å²) in [6, 6.07) is 10.5. The van der Waals surface area contributed by atoms with E-state index in [-0.39, 0.29) is 11.0 Å². The maximum absolute atomic E-state index is 11.9. The van der Waals surface area contributed by atoms with Gasteiger partial charge in [-0.05, 0) is 55.0 Å². The molecule has 0 saturated heterocycles. The number of benzene rings is 2. The summed E-state index contributed by atoms with van der Waals surface area (Å²) in [4.78, 5) is 16.3. The van der Waals surface area contributed by atoms with Gasteiger partial charge in [0.1, 0.15) is 5.52 Å². The lowest BCUT2D eigenvalue weighted by molar-refractivity contribution is -0.119. The summed E-state index contributed by atoms with van der Waals surface area (Å²) < 4.78 is 5.79. The number of oxazole rings is 1. The van der Waals surface area contributed by atoms with E-state index < -0.39 is 0 Å². The van der Waals surface area contributed by atoms with Gasteiger partial charge in [0, 0.05) is 17.1 Å². The van der Waals surface area contributed by atoms with Crippen LogP contribution >= 0.6 is 35.4 Å². The molecule has 1 amide bonds. The topological polar surface area (TPSA) is 67.2 Å². The van der Waals surface area contributed by atoms with Gasteiger partial charge in [-0.15, -0.1) is 0 Å². The molecule has 0 spiro atoms. The van der Waals surface area contributed by atoms with Crippen molar-refractivity contribution >= 4 is 63.2 Å². The molecule has 1 heterocycles. The minimum absolute atomic E-state index is 0.0897. The molecule has 0 saturated carbocycles. The van der Waals surface area contributed by atoms with Crippen molar-refractivity contribution in [1.82, 2.24) is 10.3 Å². The van der Waals surface area contributed by atoms with Crippen molar-refractivity contribution in [2.75, 3.05) is 5.32 Å². The summed E-state index contributed by atoms with van der Waals surface area (Å²) in [6.07, 6.45) is 3.41. The van der Waals surface area contributed by atoms with E-state index in [1.54, 1.807) is 36.4 Å². The highest BCUT2D eigenvalue weighted by Crippen LogP contribution is 2.32. The quantitative estimate of drug-likeness (QED) is 0.356. The van der Waals surface area contributed by atoms with Crippen LogP contribution in [-0.2, 0) is 4.79 Å². The predicted molar refractivity (Wildman–Crippen MR) is 118 cm³/mol. The zero-order valence-electron chi connectivity index (χ0n) is 15.2. The Balaban J connectivity index is 1.70. The number of nitrogens with one attached hydrogen (secondary N) is 2. The Morgan fingerprint density at radius 1 is 1.18 bits per heavy atom. The van der Waals surface area contributed by atoms with Gasteiger partial charge in [-0.25, -0.2) is 4.98 Å². The molecule has 3 aromatic rings. The first kappa shape index (κ1) is 20.6. The third kappa shape index (κ3) is 5.22. The second kappa shape index (κ2) is 9.37. The average Bonchev–Trinajstić information content (AvgIpc) is 3.04. The van der Waals surface area contributed by atoms with E-state index >= 15 is 0 Å². The standard InChI is InChI=1S/C20H19Cl2N3O2S/c1-2-3-4-5-18(26)25-20(28)23-13-7-9-17-16(11-13)24-19(27-17)14-8-6-12(21)10-15(14)22/h6-11H,2-5H2,1H3,(H2,23,25,26,28). The van der Waals surface area contributed by atoms with Gasteiger partial charge in [-0.2, -0.15) is 0 Å². The highest BCUT2D eigenvalue weighted by Gasteiger charge is 2.13. The predicted octanol–water partition coefficient (Wildman–Crippen LogP) is 6.19. The van der Waals surface area contributed by atoms with E-state index in [0.717, 1.165) is 19.3 Å². The zero-order chi connectivity index (χ0) is 20.1. The van der Waals surface area contributed by atoms with Crippen LogP contribution in [0.2, 0.25) is 10.0 Å². The van der Waals surface area contributed by atoms with Gasteiger partial charge < -0.3 is 15.1 Å². The largest absolute Gasteiger partial charge is 0.436 e. The normalized spacial score (nSPS) is 10.8. The van der Waals surface area contributed by atoms with E-state index in [0.29, 0.717) is 44.7 Å². The minimum atomic E-state index is -0.0897. The number of rotatable bonds is 6. The number of nitrogens with zero attached hydrogens (tertiary/aromatic N) is 1. The molecule has 2 aromatic carbocycles. The lowest BCUT2D eigenvalue weighted by Gasteiger charge is -2.09. The van der Waals surface area contributed by atoms with Crippen molar-refractivity contribution in [2.24, 2.45) is 0 Å². The first-order valence-corrected chi connectivity index (χ1v) is 10.1. The van der Waals surface area contributed by atoms with Crippen molar-refractivity contribution in [3.63, 3.8) is 0 Å². The molecule has 5 nitrogen and oxygen atoms in total. The molecule has 28 heavy (non-hydrogen) atoms. The lowest BCUT2D eigenvalue weighted by Crippen LogP contribution is -2.33. The van der Waals surface area contributed by atoms with Gasteiger partial charge in [-0.1, -0.05) is 43.0 Å². The number of aromatic nitrogens is 1. The Labute approximate surface area is 178 Å². The van der Waals surface area contributed by atoms with E-state index in [4.69, 9.17) is 39.8 Å². The molecule has 2 N–H and O–H groups in total. The maximum atomic E-state index is 11.9. The molecule has 0 aliphatic heterocycles. The van der Waals surface area contributed by atoms with Gasteiger partial charge >= 0.3 is 0 Å². The van der Waals surface area contributed by atoms with E-state index in [2.05, 4.69) is 22.5 Å². The van der Waals surface area contributed by atoms with Gasteiger partial charge in [0.15, 0.2) is 10.7 Å². The number of hydrogen-bond acceptors (Lipinski definition) is 4. The molecule has 0 aliphatic carbocycles. The Kier molecular flexibility index (Phi) is 6.88. The van der Waals surface area contributed by atoms with Crippen molar-refractivity contribution in [3.05, 3.63) is 46.4 Å². The molecule has 0 radical (unpaired) electrons. The van der Waals surface area contributed by atoms with Crippen LogP contribution in [-0.4, -0.2) is 16.0 Å². The van der Waals surface area contributed by atoms with E-state index in [1.165, 1.54) is 0 Å². The Morgan fingerprint density at radius 2 is 2.00 bits per heavy atom. The number of amides is 1. The molecule has 3 rings (SSSR count). The second-order valence-corrected chi connectivity index (χ2v) is 7.54. The molecule has 0 bridgehead atoms. The summed E-state index contributed by atoms with van der Waals surface area (Å²) in [7, 11) is 0. The van der Waals surface area contributed by atoms with Crippen LogP contribution in [0.5, 0.6) is 0 Å². The molecule has 146 valence electrons. The van der Waals surface area contributed by atoms with Crippen LogP contribution < -0.4 is 10.6 Å². The fraction of sp³-hybridized carbons (Fsp3) is 0.250. The maximum Gasteiger partial charge on any atom is 0.228 e. The monoisotopic (exact) mass is 435 g/mol. The molecular formula is C20H19Cl2N3O2S. The summed E-state index contributed by atoms with van der Waals surface area (Å²) in [5.41, 5.74) is 2.62. The number of anilines is 1. The fourth-order valence-corrected chi connectivity index (χ4v) is 3.39. The molecule has 0 atom stereocenters. The fourth-order valence-electron chi connectivity index (χ4n) is 2.67. The highest BCUT2D eigenvalue weighted by atomic mass is 35.5. The summed E-state index contributed by atoms with van der Waals surface area (Å²) in [5, 5.41) is 6.94. The number of carbonyl (C=O) groups excluding carboxylic acids is 1. The first-order valence-electron chi connectivity index (χ1n) is 8.93. The SMILES string of the molecule is CCCCCC(=O)NC(=S)Nc1ccc2oc(-c3ccc(Cl)cc3Cl)nc2c1. The Morgan fingerprint density at radius 3 is 2.75 bits per heavy atom. The summed E-state index contributed by atoms with van der Waals surface area (Å²) >= 11 is 17.4. The first-order chi connectivity index (χ1) is 13.5. The van der Waals surface area contributed by atoms with Crippen molar-refractivity contribution in [3.8, 4) is 11.5 Å². The van der Waals surface area contributed by atoms with Crippen molar-refractivity contribution < 1.29 is 9.21 Å². The van der Waals surface area contributed by atoms with Crippen molar-refractivity contribution in [1.29, 1.82) is 0 Å². The number of carbonyl (C=O) groups is 1. The average molecular weight is 436 g/mol. The second-order valence-electron chi connectivity index (χ2n) is 6.29. The highest BCUT2D eigenvalue weighted by molar-refractivity contribution is 7.80. The minimum Gasteiger partial charge on any atom is -0.436 e. The number of halogens is 2.